The Kier molecular flexibility index (Phi) is 3.35. The minimum Gasteiger partial charge on any atom is -0.102 e. The number of hydrogen-bond acceptors (Lipinski definition) is 0. The summed E-state index contributed by atoms with van der Waals surface area (Å²) in [5.74, 6) is 0.664. The van der Waals surface area contributed by atoms with Gasteiger partial charge in [-0.1, -0.05) is 35.9 Å². The van der Waals surface area contributed by atoms with E-state index in [1.54, 1.807) is 0 Å². The van der Waals surface area contributed by atoms with Crippen molar-refractivity contribution in [1.29, 1.82) is 0 Å². The number of allylic oxidation sites excluding steroid dienone is 1. The fraction of sp³-hybridized carbons (Fsp3) is 0.667. The maximum Gasteiger partial charge on any atom is 0.0345 e. The quantitative estimate of drug-likeness (QED) is 0.433. The Morgan fingerprint density at radius 3 is 2.00 bits per heavy atom. The Bertz CT molecular complexity index is 57.2. The molecule has 0 aliphatic carbocycles. The lowest BCUT2D eigenvalue weighted by Crippen LogP contribution is -2.00. The van der Waals surface area contributed by atoms with Gasteiger partial charge < -0.3 is 0 Å². The van der Waals surface area contributed by atoms with Gasteiger partial charge in [0.15, 0.2) is 0 Å². The molecule has 0 aromatic heterocycles. The summed E-state index contributed by atoms with van der Waals surface area (Å²) < 4.78 is 0. The average Bonchev–Trinajstić information content (AvgIpc) is 1.65. The number of rotatable bonds is 2. The van der Waals surface area contributed by atoms with Gasteiger partial charge in [-0.2, -0.15) is 0 Å². The highest BCUT2D eigenvalue weighted by molar-refractivity contribution is 9.09. The van der Waals surface area contributed by atoms with E-state index in [1.807, 2.05) is 6.08 Å². The topological polar surface area (TPSA) is 0 Å². The van der Waals surface area contributed by atoms with Gasteiger partial charge in [-0.05, 0) is 5.92 Å². The second-order valence-electron chi connectivity index (χ2n) is 1.92. The third-order valence-electron chi connectivity index (χ3n) is 0.862. The van der Waals surface area contributed by atoms with Gasteiger partial charge in [0.1, 0.15) is 0 Å². The van der Waals surface area contributed by atoms with E-state index in [2.05, 4.69) is 36.4 Å². The SMILES string of the molecule is C=C[C@@H](Br)C(C)C. The molecule has 0 radical (unpaired) electrons. The van der Waals surface area contributed by atoms with Crippen LogP contribution >= 0.6 is 15.9 Å². The average molecular weight is 163 g/mol. The van der Waals surface area contributed by atoms with Gasteiger partial charge in [0.2, 0.25) is 0 Å². The van der Waals surface area contributed by atoms with Crippen molar-refractivity contribution in [3.8, 4) is 0 Å². The fourth-order valence-electron chi connectivity index (χ4n) is 0.272. The van der Waals surface area contributed by atoms with Gasteiger partial charge in [0.25, 0.3) is 0 Å². The molecule has 1 atom stereocenters. The van der Waals surface area contributed by atoms with E-state index < -0.39 is 0 Å². The van der Waals surface area contributed by atoms with Crippen molar-refractivity contribution in [1.82, 2.24) is 0 Å². The maximum atomic E-state index is 3.63. The van der Waals surface area contributed by atoms with Crippen LogP contribution in [0.15, 0.2) is 12.7 Å². The second kappa shape index (κ2) is 3.25. The first-order valence-corrected chi connectivity index (χ1v) is 3.36. The third kappa shape index (κ3) is 2.86. The molecule has 0 aromatic carbocycles. The molecule has 0 saturated carbocycles. The molecule has 1 heteroatoms. The lowest BCUT2D eigenvalue weighted by molar-refractivity contribution is 0.687. The van der Waals surface area contributed by atoms with Crippen LogP contribution in [0.25, 0.3) is 0 Å². The van der Waals surface area contributed by atoms with Crippen LogP contribution in [0.2, 0.25) is 0 Å². The largest absolute Gasteiger partial charge is 0.102 e. The van der Waals surface area contributed by atoms with Crippen molar-refractivity contribution in [3.63, 3.8) is 0 Å². The maximum absolute atomic E-state index is 3.63. The first-order chi connectivity index (χ1) is 3.18. The molecule has 0 nitrogen and oxygen atoms in total. The number of halogens is 1. The Morgan fingerprint density at radius 2 is 2.00 bits per heavy atom. The van der Waals surface area contributed by atoms with E-state index in [9.17, 15) is 0 Å². The van der Waals surface area contributed by atoms with Crippen molar-refractivity contribution >= 4 is 15.9 Å². The zero-order valence-electron chi connectivity index (χ0n) is 4.82. The van der Waals surface area contributed by atoms with Crippen LogP contribution < -0.4 is 0 Å². The van der Waals surface area contributed by atoms with Gasteiger partial charge in [-0.15, -0.1) is 6.58 Å². The first-order valence-electron chi connectivity index (χ1n) is 2.45. The van der Waals surface area contributed by atoms with Crippen LogP contribution in [0.1, 0.15) is 13.8 Å². The summed E-state index contributed by atoms with van der Waals surface area (Å²) >= 11 is 3.42. The molecule has 0 unspecified atom stereocenters. The standard InChI is InChI=1S/C6H11Br/c1-4-6(7)5(2)3/h4-6H,1H2,2-3H3/t6-/m1/s1. The predicted molar refractivity (Wildman–Crippen MR) is 37.8 cm³/mol. The van der Waals surface area contributed by atoms with Crippen molar-refractivity contribution in [2.45, 2.75) is 18.7 Å². The smallest absolute Gasteiger partial charge is 0.0345 e. The molecule has 0 spiro atoms. The van der Waals surface area contributed by atoms with Crippen molar-refractivity contribution in [2.75, 3.05) is 0 Å². The lowest BCUT2D eigenvalue weighted by Gasteiger charge is -2.05. The van der Waals surface area contributed by atoms with E-state index in [1.165, 1.54) is 0 Å². The van der Waals surface area contributed by atoms with Crippen molar-refractivity contribution < 1.29 is 0 Å². The molecule has 0 amide bonds. The summed E-state index contributed by atoms with van der Waals surface area (Å²) in [5.41, 5.74) is 0. The first kappa shape index (κ1) is 7.22. The summed E-state index contributed by atoms with van der Waals surface area (Å²) in [7, 11) is 0. The van der Waals surface area contributed by atoms with Gasteiger partial charge in [0.05, 0.1) is 0 Å². The van der Waals surface area contributed by atoms with Crippen LogP contribution in [-0.2, 0) is 0 Å². The highest BCUT2D eigenvalue weighted by atomic mass is 79.9. The van der Waals surface area contributed by atoms with Crippen molar-refractivity contribution in [3.05, 3.63) is 12.7 Å². The molecule has 0 aliphatic rings. The van der Waals surface area contributed by atoms with Crippen molar-refractivity contribution in [2.24, 2.45) is 5.92 Å². The summed E-state index contributed by atoms with van der Waals surface area (Å²) in [5, 5.41) is 0. The van der Waals surface area contributed by atoms with Crippen LogP contribution in [0.3, 0.4) is 0 Å². The Morgan fingerprint density at radius 1 is 1.57 bits per heavy atom. The van der Waals surface area contributed by atoms with E-state index in [4.69, 9.17) is 0 Å². The van der Waals surface area contributed by atoms with E-state index >= 15 is 0 Å². The second-order valence-corrected chi connectivity index (χ2v) is 2.98. The number of hydrogen-bond donors (Lipinski definition) is 0. The molecular weight excluding hydrogens is 152 g/mol. The molecule has 42 valence electrons. The van der Waals surface area contributed by atoms with Crippen LogP contribution in [-0.4, -0.2) is 4.83 Å². The minimum absolute atomic E-state index is 0.479. The van der Waals surface area contributed by atoms with Crippen LogP contribution in [0.5, 0.6) is 0 Å². The predicted octanol–water partition coefficient (Wildman–Crippen LogP) is 2.59. The highest BCUT2D eigenvalue weighted by Crippen LogP contribution is 2.11. The van der Waals surface area contributed by atoms with Gasteiger partial charge in [-0.25, -0.2) is 0 Å². The molecule has 0 aliphatic heterocycles. The summed E-state index contributed by atoms with van der Waals surface area (Å²) in [6, 6.07) is 0. The molecule has 0 N–H and O–H groups in total. The molecule has 0 fully saturated rings. The van der Waals surface area contributed by atoms with Gasteiger partial charge >= 0.3 is 0 Å². The fourth-order valence-corrected chi connectivity index (χ4v) is 0.272. The van der Waals surface area contributed by atoms with Crippen LogP contribution in [0, 0.1) is 5.92 Å². The Hall–Kier alpha value is 0.220. The monoisotopic (exact) mass is 162 g/mol. The van der Waals surface area contributed by atoms with E-state index in [0.29, 0.717) is 10.7 Å². The van der Waals surface area contributed by atoms with Gasteiger partial charge in [-0.3, -0.25) is 0 Å². The van der Waals surface area contributed by atoms with E-state index in [-0.39, 0.29) is 0 Å². The number of alkyl halides is 1. The summed E-state index contributed by atoms with van der Waals surface area (Å²) in [6.45, 7) is 7.94. The highest BCUT2D eigenvalue weighted by Gasteiger charge is 2.00. The molecule has 0 heterocycles. The van der Waals surface area contributed by atoms with Crippen LogP contribution in [0.4, 0.5) is 0 Å². The molecule has 0 rings (SSSR count). The Labute approximate surface area is 53.7 Å². The zero-order valence-corrected chi connectivity index (χ0v) is 6.40. The lowest BCUT2D eigenvalue weighted by atomic mass is 10.1. The summed E-state index contributed by atoms with van der Waals surface area (Å²) in [6.07, 6.45) is 1.91. The summed E-state index contributed by atoms with van der Waals surface area (Å²) in [4.78, 5) is 0.479. The van der Waals surface area contributed by atoms with Gasteiger partial charge in [0, 0.05) is 4.83 Å². The molecule has 0 aromatic rings. The zero-order chi connectivity index (χ0) is 5.86. The third-order valence-corrected chi connectivity index (χ3v) is 2.29. The van der Waals surface area contributed by atoms with E-state index in [0.717, 1.165) is 0 Å². The molecule has 0 bridgehead atoms. The molecule has 7 heavy (non-hydrogen) atoms. The minimum atomic E-state index is 0.479. The Balaban J connectivity index is 3.33. The molecular formula is C6H11Br. The molecule has 0 saturated heterocycles. The normalized spacial score (nSPS) is 14.3.